The highest BCUT2D eigenvalue weighted by Gasteiger charge is 2.42. The second-order valence-electron chi connectivity index (χ2n) is 25.6. The van der Waals surface area contributed by atoms with Gasteiger partial charge in [0.25, 0.3) is 11.8 Å². The summed E-state index contributed by atoms with van der Waals surface area (Å²) in [4.78, 5) is 93.2. The van der Waals surface area contributed by atoms with Gasteiger partial charge in [0.2, 0.25) is 11.1 Å². The van der Waals surface area contributed by atoms with E-state index in [9.17, 15) is 33.6 Å². The van der Waals surface area contributed by atoms with Crippen molar-refractivity contribution in [2.45, 2.75) is 181 Å². The van der Waals surface area contributed by atoms with Gasteiger partial charge >= 0.3 is 18.3 Å². The summed E-state index contributed by atoms with van der Waals surface area (Å²) >= 11 is 5.32. The molecule has 6 aliphatic rings. The summed E-state index contributed by atoms with van der Waals surface area (Å²) in [5.41, 5.74) is 11.9. The second-order valence-corrected chi connectivity index (χ2v) is 26.0. The number of nitrogens with one attached hydrogen (secondary N) is 1. The number of benzene rings is 4. The van der Waals surface area contributed by atoms with Gasteiger partial charge in [-0.1, -0.05) is 123 Å². The van der Waals surface area contributed by atoms with Crippen molar-refractivity contribution in [3.63, 3.8) is 0 Å². The highest BCUT2D eigenvalue weighted by atomic mass is 35.5. The minimum atomic E-state index is -0.631. The van der Waals surface area contributed by atoms with Gasteiger partial charge in [0.15, 0.2) is 0 Å². The molecule has 2 aliphatic carbocycles. The summed E-state index contributed by atoms with van der Waals surface area (Å²) in [5.74, 6) is 7.78. The first-order chi connectivity index (χ1) is 40.8. The minimum absolute atomic E-state index is 0. The maximum Gasteiger partial charge on any atom is 0.410 e. The lowest BCUT2D eigenvalue weighted by atomic mass is 9.88. The zero-order valence-corrected chi connectivity index (χ0v) is 53.3. The number of hydrogen-bond acceptors (Lipinski definition) is 13. The summed E-state index contributed by atoms with van der Waals surface area (Å²) in [6.07, 6.45) is 12.5. The van der Waals surface area contributed by atoms with Crippen molar-refractivity contribution in [2.24, 2.45) is 29.3 Å². The monoisotopic (exact) mass is 1220 g/mol. The zero-order valence-electron chi connectivity index (χ0n) is 52.5. The van der Waals surface area contributed by atoms with Crippen LogP contribution in [0.1, 0.15) is 199 Å². The molecule has 9 N–H and O–H groups in total. The lowest BCUT2D eigenvalue weighted by Gasteiger charge is -2.39. The van der Waals surface area contributed by atoms with Gasteiger partial charge in [-0.3, -0.25) is 50.5 Å². The fourth-order valence-electron chi connectivity index (χ4n) is 11.9. The van der Waals surface area contributed by atoms with E-state index in [0.717, 1.165) is 73.6 Å². The molecule has 10 rings (SSSR count). The van der Waals surface area contributed by atoms with Crippen LogP contribution in [0.5, 0.6) is 0 Å². The number of carbonyl (C=O) groups is 7. The normalized spacial score (nSPS) is 19.1. The number of fused-ring (bicyclic) bond motifs is 4. The first-order valence-corrected chi connectivity index (χ1v) is 30.9. The standard InChI is InChI=1S/C23H24N2O4.C22H32N2O3.C15H22N2O2.C7H11ClO.H4N2.H2O/c1-23(2,3)29-22(28)24-13-12-15-8-4-5-9-16(15)19(24)14-25-20(26)17-10-6-7-11-18(17)21(25)27;1-22(2,3)27-21(26)24-14-13-16-9-7-8-12-18(16)19(24)15-23-20(25)17-10-5-4-6-11-17;1-15(2,3)19-14(18)17-9-8-11-6-4-5-7-12(11)13(17)10-16;8-7(9)6-4-2-1-3-5-6;1-2;/h4-11,19H,12-14H2,1-3H3;7-9,12,17,19H,4-6,10-11,13-15H2,1-3H3,(H,23,25);4-7,13H,8-10,16H2,1-3H3;6H,1-5H2;1-2H2;1H2/t2*19-;13-;;;/m000.../s1. The number of rotatable bonds is 7. The van der Waals surface area contributed by atoms with E-state index in [1.165, 1.54) is 41.7 Å². The van der Waals surface area contributed by atoms with Gasteiger partial charge in [-0.2, -0.15) is 0 Å². The molecule has 0 spiro atoms. The van der Waals surface area contributed by atoms with E-state index in [1.807, 2.05) is 117 Å². The Morgan fingerprint density at radius 2 is 0.839 bits per heavy atom. The van der Waals surface area contributed by atoms with Crippen molar-refractivity contribution in [2.75, 3.05) is 39.3 Å². The van der Waals surface area contributed by atoms with Crippen molar-refractivity contribution >= 4 is 52.8 Å². The van der Waals surface area contributed by atoms with Crippen LogP contribution in [0.25, 0.3) is 0 Å². The van der Waals surface area contributed by atoms with Crippen LogP contribution in [0.2, 0.25) is 0 Å². The van der Waals surface area contributed by atoms with Crippen LogP contribution in [0.15, 0.2) is 97.1 Å². The first-order valence-electron chi connectivity index (χ1n) is 30.5. The van der Waals surface area contributed by atoms with Crippen LogP contribution < -0.4 is 22.7 Å². The molecule has 6 amide bonds. The molecule has 2 fully saturated rings. The smallest absolute Gasteiger partial charge is 0.410 e. The largest absolute Gasteiger partial charge is 0.444 e. The molecule has 0 radical (unpaired) electrons. The van der Waals surface area contributed by atoms with Crippen LogP contribution in [0.4, 0.5) is 14.4 Å². The van der Waals surface area contributed by atoms with Crippen LogP contribution in [-0.2, 0) is 43.1 Å². The Morgan fingerprint density at radius 3 is 1.21 bits per heavy atom. The van der Waals surface area contributed by atoms with Gasteiger partial charge in [0, 0.05) is 44.6 Å². The van der Waals surface area contributed by atoms with Gasteiger partial charge in [-0.05, 0) is 164 Å². The van der Waals surface area contributed by atoms with E-state index in [0.29, 0.717) is 50.3 Å². The Morgan fingerprint density at radius 1 is 0.506 bits per heavy atom. The third kappa shape index (κ3) is 19.8. The minimum Gasteiger partial charge on any atom is -0.444 e. The summed E-state index contributed by atoms with van der Waals surface area (Å²) in [5, 5.41) is 2.99. The van der Waals surface area contributed by atoms with Gasteiger partial charge in [-0.15, -0.1) is 0 Å². The molecule has 4 aromatic rings. The van der Waals surface area contributed by atoms with E-state index in [-0.39, 0.29) is 71.1 Å². The number of ether oxygens (including phenoxy) is 3. The molecular formula is C67H95ClN8O11. The Bertz CT molecular complexity index is 2930. The third-order valence-corrected chi connectivity index (χ3v) is 16.3. The number of nitrogens with zero attached hydrogens (tertiary/aromatic N) is 4. The van der Waals surface area contributed by atoms with E-state index in [2.05, 4.69) is 35.2 Å². The predicted molar refractivity (Wildman–Crippen MR) is 337 cm³/mol. The number of imide groups is 1. The van der Waals surface area contributed by atoms with Crippen LogP contribution >= 0.6 is 11.6 Å². The number of amides is 6. The molecule has 19 nitrogen and oxygen atoms in total. The summed E-state index contributed by atoms with van der Waals surface area (Å²) < 4.78 is 16.7. The third-order valence-electron chi connectivity index (χ3n) is 15.9. The highest BCUT2D eigenvalue weighted by molar-refractivity contribution is 6.64. The summed E-state index contributed by atoms with van der Waals surface area (Å²) in [7, 11) is 0. The van der Waals surface area contributed by atoms with Crippen molar-refractivity contribution in [3.8, 4) is 0 Å². The molecule has 2 saturated carbocycles. The molecule has 87 heavy (non-hydrogen) atoms. The number of halogens is 1. The Kier molecular flexibility index (Phi) is 26.4. The van der Waals surface area contributed by atoms with Crippen LogP contribution in [0, 0.1) is 11.8 Å². The van der Waals surface area contributed by atoms with Crippen molar-refractivity contribution in [1.82, 2.24) is 24.9 Å². The van der Waals surface area contributed by atoms with Crippen molar-refractivity contribution < 1.29 is 53.2 Å². The number of nitrogens with two attached hydrogens (primary N) is 3. The second kappa shape index (κ2) is 32.4. The first kappa shape index (κ1) is 70.9. The van der Waals surface area contributed by atoms with Crippen molar-refractivity contribution in [1.29, 1.82) is 0 Å². The SMILES string of the molecule is CC(C)(C)OC(=O)N1CCc2ccccc2[C@@H]1CN.CC(C)(C)OC(=O)N1CCc2ccccc2[C@@H]1CN1C(=O)c2ccccc2C1=O.CC(C)(C)OC(=O)N1CCc2ccccc2[C@@H]1CNC(=O)C1CCCCC1.NN.O.O=C(Cl)C1CCCCC1. The molecule has 0 aromatic heterocycles. The predicted octanol–water partition coefficient (Wildman–Crippen LogP) is 10.8. The van der Waals surface area contributed by atoms with E-state index >= 15 is 0 Å². The molecule has 0 bridgehead atoms. The summed E-state index contributed by atoms with van der Waals surface area (Å²) in [6, 6.07) is 30.3. The Labute approximate surface area is 519 Å². The zero-order chi connectivity index (χ0) is 62.9. The molecule has 20 heteroatoms. The molecule has 0 unspecified atom stereocenters. The summed E-state index contributed by atoms with van der Waals surface area (Å²) in [6.45, 7) is 19.4. The number of hydrazine groups is 1. The van der Waals surface area contributed by atoms with Crippen molar-refractivity contribution in [3.05, 3.63) is 142 Å². The van der Waals surface area contributed by atoms with E-state index < -0.39 is 28.9 Å². The maximum absolute atomic E-state index is 12.9. The number of hydrogen-bond donors (Lipinski definition) is 4. The maximum atomic E-state index is 12.9. The van der Waals surface area contributed by atoms with Gasteiger partial charge in [0.05, 0.1) is 35.8 Å². The molecule has 3 atom stereocenters. The van der Waals surface area contributed by atoms with E-state index in [4.69, 9.17) is 31.5 Å². The molecule has 4 aromatic carbocycles. The quantitative estimate of drug-likeness (QED) is 0.0441. The van der Waals surface area contributed by atoms with Gasteiger partial charge in [-0.25, -0.2) is 14.4 Å². The molecule has 476 valence electrons. The van der Waals surface area contributed by atoms with Gasteiger partial charge < -0.3 is 30.7 Å². The highest BCUT2D eigenvalue weighted by Crippen LogP contribution is 2.36. The molecule has 0 saturated heterocycles. The Balaban J connectivity index is 0.000000221. The average Bonchev–Trinajstić information content (AvgIpc) is 1.92. The average molecular weight is 1220 g/mol. The molecule has 4 heterocycles. The molecular weight excluding hydrogens is 1130 g/mol. The number of carbonyl (C=O) groups excluding carboxylic acids is 7. The van der Waals surface area contributed by atoms with Crippen LogP contribution in [0.3, 0.4) is 0 Å². The van der Waals surface area contributed by atoms with E-state index in [1.54, 1.807) is 39.0 Å². The lowest BCUT2D eigenvalue weighted by molar-refractivity contribution is -0.126. The molecule has 4 aliphatic heterocycles. The lowest BCUT2D eigenvalue weighted by Crippen LogP contribution is -2.48. The topological polar surface area (TPSA) is 282 Å². The fourth-order valence-corrected chi connectivity index (χ4v) is 12.1. The Hall–Kier alpha value is -6.90. The van der Waals surface area contributed by atoms with Gasteiger partial charge in [0.1, 0.15) is 16.8 Å². The fraction of sp³-hybridized carbons (Fsp3) is 0.537. The van der Waals surface area contributed by atoms with Crippen LogP contribution in [-0.4, -0.2) is 122 Å².